The first-order valence-corrected chi connectivity index (χ1v) is 6.92. The van der Waals surface area contributed by atoms with Crippen LogP contribution in [0, 0.1) is 6.92 Å². The summed E-state index contributed by atoms with van der Waals surface area (Å²) in [6, 6.07) is 0.158. The smallest absolute Gasteiger partial charge is 0.153 e. The molecule has 1 atom stereocenters. The number of aromatic nitrogens is 4. The van der Waals surface area contributed by atoms with Crippen molar-refractivity contribution < 1.29 is 0 Å². The molecule has 0 bridgehead atoms. The molecule has 7 heteroatoms. The van der Waals surface area contributed by atoms with E-state index in [1.807, 2.05) is 21.0 Å². The number of aryl methyl sites for hydroxylation is 2. The van der Waals surface area contributed by atoms with Gasteiger partial charge in [-0.1, -0.05) is 5.21 Å². The maximum Gasteiger partial charge on any atom is 0.153 e. The van der Waals surface area contributed by atoms with Gasteiger partial charge >= 0.3 is 0 Å². The van der Waals surface area contributed by atoms with Crippen LogP contribution >= 0.6 is 27.3 Å². The number of halogens is 1. The van der Waals surface area contributed by atoms with Gasteiger partial charge < -0.3 is 5.32 Å². The monoisotopic (exact) mass is 315 g/mol. The minimum Gasteiger partial charge on any atom is -0.311 e. The van der Waals surface area contributed by atoms with Crippen LogP contribution in [-0.4, -0.2) is 27.0 Å². The molecular formula is C10H14BrN5S. The van der Waals surface area contributed by atoms with E-state index in [1.165, 1.54) is 0 Å². The highest BCUT2D eigenvalue weighted by molar-refractivity contribution is 9.10. The molecule has 5 nitrogen and oxygen atoms in total. The van der Waals surface area contributed by atoms with Crippen molar-refractivity contribution in [1.29, 1.82) is 0 Å². The number of hydrogen-bond acceptors (Lipinski definition) is 5. The number of hydrogen-bond donors (Lipinski definition) is 1. The third-order valence-electron chi connectivity index (χ3n) is 2.59. The Morgan fingerprint density at radius 3 is 2.82 bits per heavy atom. The summed E-state index contributed by atoms with van der Waals surface area (Å²) in [6.45, 7) is 2.02. The van der Waals surface area contributed by atoms with Crippen LogP contribution in [0.25, 0.3) is 0 Å². The largest absolute Gasteiger partial charge is 0.311 e. The minimum absolute atomic E-state index is 0.158. The average molecular weight is 316 g/mol. The van der Waals surface area contributed by atoms with Crippen LogP contribution in [-0.2, 0) is 13.5 Å². The van der Waals surface area contributed by atoms with Gasteiger partial charge in [-0.05, 0) is 29.9 Å². The van der Waals surface area contributed by atoms with Crippen molar-refractivity contribution in [2.75, 3.05) is 7.05 Å². The Hall–Kier alpha value is -0.790. The Kier molecular flexibility index (Phi) is 3.90. The molecule has 0 aliphatic heterocycles. The molecule has 0 saturated heterocycles. The third-order valence-corrected chi connectivity index (χ3v) is 3.97. The van der Waals surface area contributed by atoms with E-state index in [0.29, 0.717) is 0 Å². The Balaban J connectivity index is 2.22. The summed E-state index contributed by atoms with van der Waals surface area (Å²) in [5.41, 5.74) is 2.14. The second-order valence-corrected chi connectivity index (χ2v) is 5.61. The van der Waals surface area contributed by atoms with Crippen molar-refractivity contribution in [1.82, 2.24) is 25.3 Å². The van der Waals surface area contributed by atoms with Crippen molar-refractivity contribution in [3.8, 4) is 0 Å². The SMILES string of the molecule is CNC(Cc1csc(C)n1)c1c(Br)nnn1C. The van der Waals surface area contributed by atoms with Crippen LogP contribution in [0.15, 0.2) is 9.98 Å². The molecule has 2 aromatic heterocycles. The molecule has 1 unspecified atom stereocenters. The maximum absolute atomic E-state index is 4.48. The van der Waals surface area contributed by atoms with Crippen molar-refractivity contribution in [3.05, 3.63) is 26.4 Å². The lowest BCUT2D eigenvalue weighted by Crippen LogP contribution is -2.22. The highest BCUT2D eigenvalue weighted by atomic mass is 79.9. The van der Waals surface area contributed by atoms with Gasteiger partial charge in [0.2, 0.25) is 0 Å². The lowest BCUT2D eigenvalue weighted by Gasteiger charge is -2.15. The van der Waals surface area contributed by atoms with E-state index >= 15 is 0 Å². The van der Waals surface area contributed by atoms with Gasteiger partial charge in [0.1, 0.15) is 0 Å². The van der Waals surface area contributed by atoms with E-state index in [1.54, 1.807) is 16.0 Å². The van der Waals surface area contributed by atoms with Gasteiger partial charge in [0.05, 0.1) is 22.4 Å². The van der Waals surface area contributed by atoms with Gasteiger partial charge in [-0.2, -0.15) is 0 Å². The molecule has 2 heterocycles. The molecule has 0 aromatic carbocycles. The average Bonchev–Trinajstić information content (AvgIpc) is 2.84. The maximum atomic E-state index is 4.48. The number of rotatable bonds is 4. The zero-order valence-corrected chi connectivity index (χ0v) is 12.3. The molecule has 0 amide bonds. The van der Waals surface area contributed by atoms with Gasteiger partial charge in [0.25, 0.3) is 0 Å². The van der Waals surface area contributed by atoms with E-state index < -0.39 is 0 Å². The molecule has 1 N–H and O–H groups in total. The highest BCUT2D eigenvalue weighted by Gasteiger charge is 2.19. The summed E-state index contributed by atoms with van der Waals surface area (Å²) in [5, 5.41) is 14.5. The number of nitrogens with zero attached hydrogens (tertiary/aromatic N) is 4. The Morgan fingerprint density at radius 1 is 1.59 bits per heavy atom. The van der Waals surface area contributed by atoms with Crippen LogP contribution in [0.4, 0.5) is 0 Å². The first-order valence-electron chi connectivity index (χ1n) is 5.25. The van der Waals surface area contributed by atoms with Crippen LogP contribution in [0.5, 0.6) is 0 Å². The second-order valence-electron chi connectivity index (χ2n) is 3.79. The Bertz CT molecular complexity index is 487. The lowest BCUT2D eigenvalue weighted by molar-refractivity contribution is 0.529. The third kappa shape index (κ3) is 2.72. The van der Waals surface area contributed by atoms with E-state index in [9.17, 15) is 0 Å². The van der Waals surface area contributed by atoms with Crippen molar-refractivity contribution >= 4 is 27.3 Å². The zero-order chi connectivity index (χ0) is 12.4. The molecule has 0 fully saturated rings. The molecule has 0 aliphatic rings. The van der Waals surface area contributed by atoms with Gasteiger partial charge in [0.15, 0.2) is 4.60 Å². The number of likely N-dealkylation sites (N-methyl/N-ethyl adjacent to an activating group) is 1. The molecule has 17 heavy (non-hydrogen) atoms. The minimum atomic E-state index is 0.158. The number of nitrogens with one attached hydrogen (secondary N) is 1. The summed E-state index contributed by atoms with van der Waals surface area (Å²) in [5.74, 6) is 0. The fraction of sp³-hybridized carbons (Fsp3) is 0.500. The topological polar surface area (TPSA) is 55.6 Å². The molecule has 0 radical (unpaired) electrons. The van der Waals surface area contributed by atoms with Gasteiger partial charge in [-0.15, -0.1) is 16.4 Å². The normalized spacial score (nSPS) is 12.9. The molecule has 2 rings (SSSR count). The van der Waals surface area contributed by atoms with E-state index in [0.717, 1.165) is 27.4 Å². The summed E-state index contributed by atoms with van der Waals surface area (Å²) >= 11 is 5.10. The molecule has 0 spiro atoms. The molecular weight excluding hydrogens is 302 g/mol. The Labute approximate surface area is 112 Å². The summed E-state index contributed by atoms with van der Waals surface area (Å²) in [6.07, 6.45) is 0.834. The van der Waals surface area contributed by atoms with Crippen molar-refractivity contribution in [3.63, 3.8) is 0 Å². The van der Waals surface area contributed by atoms with Crippen molar-refractivity contribution in [2.24, 2.45) is 7.05 Å². The first kappa shape index (κ1) is 12.7. The first-order chi connectivity index (χ1) is 8.11. The van der Waals surface area contributed by atoms with Crippen LogP contribution in [0.1, 0.15) is 22.4 Å². The predicted molar refractivity (Wildman–Crippen MR) is 71.1 cm³/mol. The summed E-state index contributed by atoms with van der Waals surface area (Å²) < 4.78 is 2.57. The number of thiazole rings is 1. The van der Waals surface area contributed by atoms with Crippen LogP contribution in [0.3, 0.4) is 0 Å². The molecule has 0 saturated carbocycles. The molecule has 0 aliphatic carbocycles. The van der Waals surface area contributed by atoms with Crippen LogP contribution < -0.4 is 5.32 Å². The van der Waals surface area contributed by atoms with Gasteiger partial charge in [0, 0.05) is 18.8 Å². The zero-order valence-electron chi connectivity index (χ0n) is 9.94. The van der Waals surface area contributed by atoms with E-state index in [2.05, 4.69) is 41.9 Å². The molecule has 92 valence electrons. The van der Waals surface area contributed by atoms with E-state index in [-0.39, 0.29) is 6.04 Å². The van der Waals surface area contributed by atoms with Crippen LogP contribution in [0.2, 0.25) is 0 Å². The van der Waals surface area contributed by atoms with E-state index in [4.69, 9.17) is 0 Å². The Morgan fingerprint density at radius 2 is 2.35 bits per heavy atom. The van der Waals surface area contributed by atoms with Gasteiger partial charge in [-0.3, -0.25) is 0 Å². The lowest BCUT2D eigenvalue weighted by atomic mass is 10.1. The fourth-order valence-corrected chi connectivity index (χ4v) is 2.98. The van der Waals surface area contributed by atoms with Gasteiger partial charge in [-0.25, -0.2) is 9.67 Å². The second kappa shape index (κ2) is 5.24. The highest BCUT2D eigenvalue weighted by Crippen LogP contribution is 2.24. The summed E-state index contributed by atoms with van der Waals surface area (Å²) in [7, 11) is 3.83. The van der Waals surface area contributed by atoms with Crippen molar-refractivity contribution in [2.45, 2.75) is 19.4 Å². The fourth-order valence-electron chi connectivity index (χ4n) is 1.76. The summed E-state index contributed by atoms with van der Waals surface area (Å²) in [4.78, 5) is 4.48. The molecule has 2 aromatic rings. The predicted octanol–water partition coefficient (Wildman–Crippen LogP) is 1.85. The quantitative estimate of drug-likeness (QED) is 0.935. The standard InChI is InChI=1S/C10H14BrN5S/c1-6-13-7(5-17-6)4-8(12-2)9-10(11)14-15-16(9)3/h5,8,12H,4H2,1-3H3.